The number of ketones is 1. The van der Waals surface area contributed by atoms with Crippen molar-refractivity contribution in [1.82, 2.24) is 0 Å². The Morgan fingerprint density at radius 2 is 1.91 bits per heavy atom. The smallest absolute Gasteiger partial charge is 0.164 e. The molecule has 0 amide bonds. The number of aliphatic hydroxyl groups is 1. The van der Waals surface area contributed by atoms with Crippen LogP contribution in [0.1, 0.15) is 65.7 Å². The van der Waals surface area contributed by atoms with E-state index in [4.69, 9.17) is 0 Å². The molecule has 0 saturated heterocycles. The maximum atomic E-state index is 13.0. The summed E-state index contributed by atoms with van der Waals surface area (Å²) in [4.78, 5) is 24.2. The molecule has 0 radical (unpaired) electrons. The van der Waals surface area contributed by atoms with Crippen LogP contribution in [-0.2, 0) is 9.59 Å². The minimum atomic E-state index is -0.663. The van der Waals surface area contributed by atoms with Gasteiger partial charge in [0.1, 0.15) is 6.29 Å². The Balaban J connectivity index is 2.07. The van der Waals surface area contributed by atoms with E-state index in [0.717, 1.165) is 32.0 Å². The van der Waals surface area contributed by atoms with Crippen LogP contribution in [0.15, 0.2) is 11.6 Å². The number of aliphatic hydroxyl groups excluding tert-OH is 1. The maximum Gasteiger partial charge on any atom is 0.164 e. The largest absolute Gasteiger partial charge is 0.395 e. The van der Waals surface area contributed by atoms with Crippen LogP contribution in [0.5, 0.6) is 0 Å². The van der Waals surface area contributed by atoms with Gasteiger partial charge in [0, 0.05) is 0 Å². The van der Waals surface area contributed by atoms with Gasteiger partial charge < -0.3 is 5.11 Å². The molecule has 0 aromatic heterocycles. The third-order valence-electron chi connectivity index (χ3n) is 7.58. The SMILES string of the molecule is CC1(C)CCCC2(C)C1CCC1(CO)C(=O)C=C(C=O)CCC12. The number of carbonyl (C=O) groups is 2. The van der Waals surface area contributed by atoms with Crippen molar-refractivity contribution in [1.29, 1.82) is 0 Å². The molecule has 2 saturated carbocycles. The Kier molecular flexibility index (Phi) is 4.07. The monoisotopic (exact) mass is 318 g/mol. The first-order valence-corrected chi connectivity index (χ1v) is 9.11. The molecule has 0 heterocycles. The summed E-state index contributed by atoms with van der Waals surface area (Å²) in [5.74, 6) is 0.770. The highest BCUT2D eigenvalue weighted by Gasteiger charge is 2.61. The van der Waals surface area contributed by atoms with Crippen molar-refractivity contribution in [2.45, 2.75) is 65.7 Å². The molecule has 3 heteroatoms. The van der Waals surface area contributed by atoms with E-state index in [9.17, 15) is 14.7 Å². The Morgan fingerprint density at radius 3 is 2.57 bits per heavy atom. The fraction of sp³-hybridized carbons (Fsp3) is 0.800. The molecule has 0 spiro atoms. The van der Waals surface area contributed by atoms with Gasteiger partial charge in [-0.05, 0) is 72.8 Å². The van der Waals surface area contributed by atoms with Gasteiger partial charge in [-0.25, -0.2) is 0 Å². The second-order valence-corrected chi connectivity index (χ2v) is 9.05. The molecule has 0 aliphatic heterocycles. The minimum absolute atomic E-state index is 0.00680. The van der Waals surface area contributed by atoms with Crippen LogP contribution in [0, 0.1) is 28.1 Å². The van der Waals surface area contributed by atoms with Gasteiger partial charge in [0.25, 0.3) is 0 Å². The summed E-state index contributed by atoms with van der Waals surface area (Å²) < 4.78 is 0. The van der Waals surface area contributed by atoms with Crippen LogP contribution in [0.4, 0.5) is 0 Å². The highest BCUT2D eigenvalue weighted by molar-refractivity contribution is 5.99. The van der Waals surface area contributed by atoms with Gasteiger partial charge in [0.05, 0.1) is 12.0 Å². The van der Waals surface area contributed by atoms with Crippen molar-refractivity contribution in [3.63, 3.8) is 0 Å². The molecule has 0 bridgehead atoms. The van der Waals surface area contributed by atoms with Gasteiger partial charge in [-0.3, -0.25) is 9.59 Å². The lowest BCUT2D eigenvalue weighted by atomic mass is 9.42. The summed E-state index contributed by atoms with van der Waals surface area (Å²) in [5, 5.41) is 10.2. The van der Waals surface area contributed by atoms with Crippen LogP contribution >= 0.6 is 0 Å². The topological polar surface area (TPSA) is 54.4 Å². The Bertz CT molecular complexity index is 547. The summed E-state index contributed by atoms with van der Waals surface area (Å²) >= 11 is 0. The van der Waals surface area contributed by atoms with Crippen molar-refractivity contribution in [3.8, 4) is 0 Å². The van der Waals surface area contributed by atoms with E-state index in [1.54, 1.807) is 0 Å². The van der Waals surface area contributed by atoms with Crippen molar-refractivity contribution >= 4 is 12.1 Å². The fourth-order valence-electron chi connectivity index (χ4n) is 6.47. The van der Waals surface area contributed by atoms with Gasteiger partial charge >= 0.3 is 0 Å². The molecule has 2 fully saturated rings. The van der Waals surface area contributed by atoms with Gasteiger partial charge in [-0.1, -0.05) is 27.2 Å². The van der Waals surface area contributed by atoms with Crippen LogP contribution in [0.3, 0.4) is 0 Å². The molecule has 1 N–H and O–H groups in total. The van der Waals surface area contributed by atoms with E-state index < -0.39 is 5.41 Å². The third kappa shape index (κ3) is 2.34. The van der Waals surface area contributed by atoms with Crippen LogP contribution < -0.4 is 0 Å². The molecular weight excluding hydrogens is 288 g/mol. The lowest BCUT2D eigenvalue weighted by molar-refractivity contribution is -0.164. The molecule has 0 aromatic rings. The zero-order valence-electron chi connectivity index (χ0n) is 14.7. The second-order valence-electron chi connectivity index (χ2n) is 9.05. The van der Waals surface area contributed by atoms with Gasteiger partial charge in [-0.15, -0.1) is 0 Å². The van der Waals surface area contributed by atoms with E-state index in [1.165, 1.54) is 18.9 Å². The normalized spacial score (nSPS) is 43.0. The van der Waals surface area contributed by atoms with Crippen molar-refractivity contribution in [3.05, 3.63) is 11.6 Å². The second kappa shape index (κ2) is 5.54. The molecule has 4 unspecified atom stereocenters. The quantitative estimate of drug-likeness (QED) is 0.790. The minimum Gasteiger partial charge on any atom is -0.395 e. The van der Waals surface area contributed by atoms with Crippen LogP contribution in [-0.4, -0.2) is 23.8 Å². The lowest BCUT2D eigenvalue weighted by Gasteiger charge is -2.62. The van der Waals surface area contributed by atoms with Crippen LogP contribution in [0.2, 0.25) is 0 Å². The van der Waals surface area contributed by atoms with Crippen LogP contribution in [0.25, 0.3) is 0 Å². The summed E-state index contributed by atoms with van der Waals surface area (Å²) in [7, 11) is 0. The predicted octanol–water partition coefficient (Wildman–Crippen LogP) is 3.70. The lowest BCUT2D eigenvalue weighted by Crippen LogP contribution is -2.58. The Labute approximate surface area is 139 Å². The molecule has 3 aliphatic carbocycles. The van der Waals surface area contributed by atoms with Crippen molar-refractivity contribution < 1.29 is 14.7 Å². The van der Waals surface area contributed by atoms with E-state index in [0.29, 0.717) is 23.3 Å². The zero-order valence-corrected chi connectivity index (χ0v) is 14.7. The number of hydrogen-bond acceptors (Lipinski definition) is 3. The highest BCUT2D eigenvalue weighted by Crippen LogP contribution is 2.65. The Hall–Kier alpha value is -0.960. The number of allylic oxidation sites excluding steroid dienone is 2. The van der Waals surface area contributed by atoms with Gasteiger partial charge in [0.2, 0.25) is 0 Å². The first-order valence-electron chi connectivity index (χ1n) is 9.11. The van der Waals surface area contributed by atoms with E-state index in [2.05, 4.69) is 20.8 Å². The van der Waals surface area contributed by atoms with E-state index in [-0.39, 0.29) is 23.7 Å². The molecule has 3 rings (SSSR count). The molecule has 23 heavy (non-hydrogen) atoms. The van der Waals surface area contributed by atoms with Crippen molar-refractivity contribution in [2.24, 2.45) is 28.1 Å². The summed E-state index contributed by atoms with van der Waals surface area (Å²) in [6, 6.07) is 0. The number of rotatable bonds is 2. The van der Waals surface area contributed by atoms with Gasteiger partial charge in [-0.2, -0.15) is 0 Å². The first-order chi connectivity index (χ1) is 10.8. The predicted molar refractivity (Wildman–Crippen MR) is 89.9 cm³/mol. The third-order valence-corrected chi connectivity index (χ3v) is 7.58. The van der Waals surface area contributed by atoms with E-state index in [1.807, 2.05) is 0 Å². The average molecular weight is 318 g/mol. The summed E-state index contributed by atoms with van der Waals surface area (Å²) in [5.41, 5.74) is 0.325. The fourth-order valence-corrected chi connectivity index (χ4v) is 6.47. The molecule has 3 aliphatic rings. The molecule has 4 atom stereocenters. The summed E-state index contributed by atoms with van der Waals surface area (Å²) in [6.07, 6.45) is 9.22. The zero-order chi connectivity index (χ0) is 16.9. The number of aldehydes is 1. The molecule has 0 aromatic carbocycles. The van der Waals surface area contributed by atoms with E-state index >= 15 is 0 Å². The van der Waals surface area contributed by atoms with Crippen molar-refractivity contribution in [2.75, 3.05) is 6.61 Å². The average Bonchev–Trinajstić information content (AvgIpc) is 2.64. The molecule has 128 valence electrons. The number of fused-ring (bicyclic) bond motifs is 3. The molecular formula is C20H30O3. The number of carbonyl (C=O) groups excluding carboxylic acids is 2. The highest BCUT2D eigenvalue weighted by atomic mass is 16.3. The maximum absolute atomic E-state index is 13.0. The first kappa shape index (κ1) is 16.9. The number of hydrogen-bond donors (Lipinski definition) is 1. The standard InChI is InChI=1S/C20H30O3/c1-18(2)8-4-9-19(3)15(18)7-10-20(13-22)16(19)6-5-14(12-21)11-17(20)23/h11-12,15-16,22H,4-10,13H2,1-3H3. The summed E-state index contributed by atoms with van der Waals surface area (Å²) in [6.45, 7) is 7.01. The Morgan fingerprint density at radius 1 is 1.17 bits per heavy atom. The van der Waals surface area contributed by atoms with Gasteiger partial charge in [0.15, 0.2) is 5.78 Å². The molecule has 3 nitrogen and oxygen atoms in total.